The molecule has 0 atom stereocenters. The zero-order chi connectivity index (χ0) is 23.9. The third kappa shape index (κ3) is 5.59. The van der Waals surface area contributed by atoms with Crippen LogP contribution in [0.25, 0.3) is 44.9 Å². The minimum atomic E-state index is 0.669. The monoisotopic (exact) mass is 518 g/mol. The van der Waals surface area contributed by atoms with Gasteiger partial charge < -0.3 is 0 Å². The van der Waals surface area contributed by atoms with Gasteiger partial charge in [0.15, 0.2) is 17.5 Å². The van der Waals surface area contributed by atoms with Crippen LogP contribution in [-0.4, -0.2) is 30.4 Å². The lowest BCUT2D eigenvalue weighted by Crippen LogP contribution is -2.00. The summed E-state index contributed by atoms with van der Waals surface area (Å²) < 4.78 is 1.07. The second kappa shape index (κ2) is 10.7. The Balaban J connectivity index is 0.000000371. The molecule has 0 aliphatic rings. The van der Waals surface area contributed by atoms with Crippen molar-refractivity contribution in [3.63, 3.8) is 0 Å². The first-order chi connectivity index (χ1) is 17.3. The molecular formula is C28H19BrN6. The average molecular weight is 519 g/mol. The molecule has 4 aromatic carbocycles. The van der Waals surface area contributed by atoms with Gasteiger partial charge in [-0.15, -0.1) is 10.2 Å². The summed E-state index contributed by atoms with van der Waals surface area (Å²) >= 11 is 3.53. The summed E-state index contributed by atoms with van der Waals surface area (Å²) in [5, 5.41) is 12.4. The molecular weight excluding hydrogens is 500 g/mol. The van der Waals surface area contributed by atoms with Gasteiger partial charge in [0.1, 0.15) is 0 Å². The molecule has 0 saturated carbocycles. The van der Waals surface area contributed by atoms with E-state index in [-0.39, 0.29) is 0 Å². The summed E-state index contributed by atoms with van der Waals surface area (Å²) in [6, 6.07) is 34.3. The fourth-order valence-electron chi connectivity index (χ4n) is 3.50. The van der Waals surface area contributed by atoms with Crippen molar-refractivity contribution in [2.24, 2.45) is 0 Å². The molecule has 6 nitrogen and oxygen atoms in total. The summed E-state index contributed by atoms with van der Waals surface area (Å²) in [5.41, 5.74) is 2.91. The maximum absolute atomic E-state index is 4.79. The summed E-state index contributed by atoms with van der Waals surface area (Å²) in [7, 11) is 0. The molecule has 7 heteroatoms. The Hall–Kier alpha value is -4.36. The predicted octanol–water partition coefficient (Wildman–Crippen LogP) is 6.66. The van der Waals surface area contributed by atoms with E-state index in [1.807, 2.05) is 66.7 Å². The molecule has 2 heterocycles. The third-order valence-corrected chi connectivity index (χ3v) is 5.66. The van der Waals surface area contributed by atoms with Crippen molar-refractivity contribution in [1.29, 1.82) is 0 Å². The zero-order valence-electron chi connectivity index (χ0n) is 18.5. The lowest BCUT2D eigenvalue weighted by Gasteiger charge is -2.09. The van der Waals surface area contributed by atoms with E-state index in [9.17, 15) is 0 Å². The second-order valence-corrected chi connectivity index (χ2v) is 8.47. The standard InChI is InChI=1S/C25H16BrN3.C3H3N3/c26-22-14-13-19-15-21(12-11-20(19)16-22)25-28-23(17-7-3-1-4-8-17)27-24(29-25)18-9-5-2-6-10-18;1-2-4-6-5-3-1/h1-16H;1-3H. The van der Waals surface area contributed by atoms with Gasteiger partial charge in [0, 0.05) is 21.2 Å². The van der Waals surface area contributed by atoms with Crippen molar-refractivity contribution >= 4 is 26.7 Å². The first kappa shape index (κ1) is 22.4. The molecule has 0 saturated heterocycles. The van der Waals surface area contributed by atoms with Crippen LogP contribution in [0.15, 0.2) is 120 Å². The number of benzene rings is 4. The van der Waals surface area contributed by atoms with Crippen molar-refractivity contribution in [1.82, 2.24) is 30.4 Å². The normalized spacial score (nSPS) is 10.4. The van der Waals surface area contributed by atoms with Gasteiger partial charge in [0.25, 0.3) is 0 Å². The Bertz CT molecular complexity index is 1460. The fraction of sp³-hybridized carbons (Fsp3) is 0. The number of fused-ring (bicyclic) bond motifs is 1. The average Bonchev–Trinajstić information content (AvgIpc) is 2.95. The Labute approximate surface area is 210 Å². The van der Waals surface area contributed by atoms with Gasteiger partial charge in [-0.1, -0.05) is 94.8 Å². The van der Waals surface area contributed by atoms with E-state index >= 15 is 0 Å². The first-order valence-corrected chi connectivity index (χ1v) is 11.7. The maximum Gasteiger partial charge on any atom is 0.164 e. The van der Waals surface area contributed by atoms with Gasteiger partial charge in [-0.2, -0.15) is 0 Å². The van der Waals surface area contributed by atoms with E-state index in [0.29, 0.717) is 17.5 Å². The molecule has 6 rings (SSSR count). The van der Waals surface area contributed by atoms with Gasteiger partial charge in [-0.25, -0.2) is 15.0 Å². The van der Waals surface area contributed by atoms with E-state index < -0.39 is 0 Å². The van der Waals surface area contributed by atoms with Gasteiger partial charge in [0.05, 0.1) is 12.4 Å². The summed E-state index contributed by atoms with van der Waals surface area (Å²) in [5.74, 6) is 2.01. The molecule has 0 fully saturated rings. The minimum absolute atomic E-state index is 0.669. The largest absolute Gasteiger partial charge is 0.208 e. The molecule has 0 aliphatic heterocycles. The molecule has 0 N–H and O–H groups in total. The summed E-state index contributed by atoms with van der Waals surface area (Å²) in [6.07, 6.45) is 3.15. The van der Waals surface area contributed by atoms with Crippen LogP contribution in [0.4, 0.5) is 0 Å². The Morgan fingerprint density at radius 2 is 0.971 bits per heavy atom. The number of rotatable bonds is 3. The quantitative estimate of drug-likeness (QED) is 0.260. The molecule has 0 amide bonds. The molecule has 0 spiro atoms. The van der Waals surface area contributed by atoms with E-state index in [2.05, 4.69) is 61.7 Å². The van der Waals surface area contributed by atoms with Crippen LogP contribution in [0.2, 0.25) is 0 Å². The molecule has 6 aromatic rings. The molecule has 168 valence electrons. The van der Waals surface area contributed by atoms with E-state index in [1.165, 1.54) is 5.39 Å². The van der Waals surface area contributed by atoms with Gasteiger partial charge in [-0.05, 0) is 40.3 Å². The van der Waals surface area contributed by atoms with Crippen molar-refractivity contribution in [3.8, 4) is 34.2 Å². The Morgan fingerprint density at radius 1 is 0.457 bits per heavy atom. The van der Waals surface area contributed by atoms with E-state index in [4.69, 9.17) is 15.0 Å². The van der Waals surface area contributed by atoms with Crippen LogP contribution in [0.3, 0.4) is 0 Å². The Morgan fingerprint density at radius 3 is 1.49 bits per heavy atom. The number of aromatic nitrogens is 6. The fourth-order valence-corrected chi connectivity index (χ4v) is 3.88. The minimum Gasteiger partial charge on any atom is -0.208 e. The highest BCUT2D eigenvalue weighted by atomic mass is 79.9. The van der Waals surface area contributed by atoms with Crippen LogP contribution in [0.1, 0.15) is 0 Å². The Kier molecular flexibility index (Phi) is 6.87. The third-order valence-electron chi connectivity index (χ3n) is 5.17. The van der Waals surface area contributed by atoms with Crippen LogP contribution < -0.4 is 0 Å². The first-order valence-electron chi connectivity index (χ1n) is 10.9. The number of nitrogens with zero attached hydrogens (tertiary/aromatic N) is 6. The summed E-state index contributed by atoms with van der Waals surface area (Å²) in [6.45, 7) is 0. The number of hydrogen-bond donors (Lipinski definition) is 0. The van der Waals surface area contributed by atoms with Crippen LogP contribution in [0, 0.1) is 0 Å². The van der Waals surface area contributed by atoms with Crippen LogP contribution in [-0.2, 0) is 0 Å². The van der Waals surface area contributed by atoms with Crippen LogP contribution >= 0.6 is 15.9 Å². The molecule has 35 heavy (non-hydrogen) atoms. The molecule has 0 bridgehead atoms. The highest BCUT2D eigenvalue weighted by molar-refractivity contribution is 9.10. The lowest BCUT2D eigenvalue weighted by atomic mass is 10.1. The van der Waals surface area contributed by atoms with E-state index in [0.717, 1.165) is 26.5 Å². The SMILES string of the molecule is Brc1ccc2cc(-c3nc(-c4ccccc4)nc(-c4ccccc4)n3)ccc2c1.c1cnnnc1. The molecule has 0 unspecified atom stereocenters. The predicted molar refractivity (Wildman–Crippen MR) is 141 cm³/mol. The van der Waals surface area contributed by atoms with Gasteiger partial charge >= 0.3 is 0 Å². The number of halogens is 1. The van der Waals surface area contributed by atoms with Crippen molar-refractivity contribution in [3.05, 3.63) is 120 Å². The zero-order valence-corrected chi connectivity index (χ0v) is 20.1. The molecule has 2 aromatic heterocycles. The lowest BCUT2D eigenvalue weighted by molar-refractivity contribution is 0.865. The summed E-state index contributed by atoms with van der Waals surface area (Å²) in [4.78, 5) is 14.3. The molecule has 0 radical (unpaired) electrons. The van der Waals surface area contributed by atoms with E-state index in [1.54, 1.807) is 18.5 Å². The molecule has 0 aliphatic carbocycles. The smallest absolute Gasteiger partial charge is 0.164 e. The highest BCUT2D eigenvalue weighted by Crippen LogP contribution is 2.28. The maximum atomic E-state index is 4.79. The topological polar surface area (TPSA) is 77.3 Å². The van der Waals surface area contributed by atoms with Crippen molar-refractivity contribution in [2.75, 3.05) is 0 Å². The van der Waals surface area contributed by atoms with Gasteiger partial charge in [-0.3, -0.25) is 0 Å². The second-order valence-electron chi connectivity index (χ2n) is 7.56. The number of hydrogen-bond acceptors (Lipinski definition) is 6. The van der Waals surface area contributed by atoms with Crippen molar-refractivity contribution in [2.45, 2.75) is 0 Å². The van der Waals surface area contributed by atoms with Gasteiger partial charge in [0.2, 0.25) is 0 Å². The van der Waals surface area contributed by atoms with Crippen LogP contribution in [0.5, 0.6) is 0 Å². The highest BCUT2D eigenvalue weighted by Gasteiger charge is 2.12. The van der Waals surface area contributed by atoms with Crippen molar-refractivity contribution < 1.29 is 0 Å².